The number of benzene rings is 2. The van der Waals surface area contributed by atoms with Gasteiger partial charge in [-0.25, -0.2) is 0 Å². The number of nitrogens with zero attached hydrogens (tertiary/aromatic N) is 2. The lowest BCUT2D eigenvalue weighted by Gasteiger charge is -2.25. The minimum absolute atomic E-state index is 0.733. The van der Waals surface area contributed by atoms with E-state index in [9.17, 15) is 0 Å². The van der Waals surface area contributed by atoms with Gasteiger partial charge in [-0.05, 0) is 24.3 Å². The Hall–Kier alpha value is -1.49. The van der Waals surface area contributed by atoms with Gasteiger partial charge in [-0.15, -0.1) is 0 Å². The molecule has 1 heterocycles. The normalized spacial score (nSPS) is 15.9. The molecule has 1 saturated heterocycles. The zero-order valence-electron chi connectivity index (χ0n) is 12.1. The van der Waals surface area contributed by atoms with Gasteiger partial charge in [0.1, 0.15) is 5.04 Å². The highest BCUT2D eigenvalue weighted by Crippen LogP contribution is 2.25. The van der Waals surface area contributed by atoms with Crippen LogP contribution in [0.2, 0.25) is 5.02 Å². The van der Waals surface area contributed by atoms with Crippen LogP contribution in [0.25, 0.3) is 0 Å². The number of rotatable bonds is 3. The first-order valence-electron chi connectivity index (χ1n) is 7.21. The van der Waals surface area contributed by atoms with E-state index < -0.39 is 0 Å². The van der Waals surface area contributed by atoms with Crippen molar-refractivity contribution in [3.05, 3.63) is 65.2 Å². The van der Waals surface area contributed by atoms with E-state index >= 15 is 0 Å². The van der Waals surface area contributed by atoms with Crippen molar-refractivity contribution in [1.82, 2.24) is 5.01 Å². The zero-order valence-corrected chi connectivity index (χ0v) is 13.7. The maximum absolute atomic E-state index is 5.96. The Bertz CT molecular complexity index is 625. The lowest BCUT2D eigenvalue weighted by Crippen LogP contribution is -2.33. The highest BCUT2D eigenvalue weighted by atomic mass is 35.5. The molecule has 0 spiro atoms. The average Bonchev–Trinajstić information content (AvgIpc) is 2.58. The Morgan fingerprint density at radius 2 is 1.68 bits per heavy atom. The Kier molecular flexibility index (Phi) is 5.38. The Labute approximate surface area is 139 Å². The van der Waals surface area contributed by atoms with Gasteiger partial charge in [-0.3, -0.25) is 5.01 Å². The molecule has 0 unspecified atom stereocenters. The van der Waals surface area contributed by atoms with E-state index in [0.29, 0.717) is 0 Å². The molecule has 114 valence electrons. The second kappa shape index (κ2) is 7.68. The van der Waals surface area contributed by atoms with E-state index in [1.54, 1.807) is 11.8 Å². The maximum Gasteiger partial charge on any atom is 0.128 e. The second-order valence-electron chi connectivity index (χ2n) is 4.89. The van der Waals surface area contributed by atoms with Gasteiger partial charge in [0, 0.05) is 15.5 Å². The van der Waals surface area contributed by atoms with E-state index in [2.05, 4.69) is 17.1 Å². The zero-order chi connectivity index (χ0) is 15.2. The number of hydrogen-bond donors (Lipinski definition) is 0. The summed E-state index contributed by atoms with van der Waals surface area (Å²) >= 11 is 7.61. The van der Waals surface area contributed by atoms with Crippen molar-refractivity contribution in [1.29, 1.82) is 0 Å². The highest BCUT2D eigenvalue weighted by molar-refractivity contribution is 8.14. The van der Waals surface area contributed by atoms with Crippen LogP contribution in [0, 0.1) is 0 Å². The van der Waals surface area contributed by atoms with Crippen molar-refractivity contribution in [2.45, 2.75) is 4.90 Å². The molecule has 3 nitrogen and oxygen atoms in total. The quantitative estimate of drug-likeness (QED) is 0.480. The van der Waals surface area contributed by atoms with Crippen LogP contribution in [-0.4, -0.2) is 36.4 Å². The van der Waals surface area contributed by atoms with E-state index in [1.165, 1.54) is 0 Å². The van der Waals surface area contributed by atoms with Crippen molar-refractivity contribution in [3.63, 3.8) is 0 Å². The van der Waals surface area contributed by atoms with Gasteiger partial charge in [-0.1, -0.05) is 53.7 Å². The lowest BCUT2D eigenvalue weighted by molar-refractivity contribution is 0.0396. The summed E-state index contributed by atoms with van der Waals surface area (Å²) in [5.74, 6) is 0. The van der Waals surface area contributed by atoms with Crippen LogP contribution >= 0.6 is 23.4 Å². The fraction of sp³-hybridized carbons (Fsp3) is 0.235. The molecule has 3 rings (SSSR count). The number of thioether (sulfide) groups is 1. The first-order valence-corrected chi connectivity index (χ1v) is 8.41. The van der Waals surface area contributed by atoms with Gasteiger partial charge in [0.2, 0.25) is 0 Å². The third kappa shape index (κ3) is 4.26. The minimum Gasteiger partial charge on any atom is -0.378 e. The first-order chi connectivity index (χ1) is 10.8. The summed E-state index contributed by atoms with van der Waals surface area (Å²) in [6.07, 6.45) is 0. The molecule has 0 atom stereocenters. The average molecular weight is 333 g/mol. The molecule has 1 aliphatic heterocycles. The number of hydrazone groups is 1. The molecule has 0 bridgehead atoms. The molecule has 0 N–H and O–H groups in total. The Balaban J connectivity index is 1.85. The summed E-state index contributed by atoms with van der Waals surface area (Å²) in [4.78, 5) is 1.13. The van der Waals surface area contributed by atoms with Crippen LogP contribution in [0.1, 0.15) is 5.56 Å². The fourth-order valence-electron chi connectivity index (χ4n) is 2.11. The standard InChI is InChI=1S/C17H17ClN2OS/c18-15-6-8-16(9-7-15)22-17(14-4-2-1-3-5-14)19-20-10-12-21-13-11-20/h1-9H,10-13H2/b19-17-. The third-order valence-corrected chi connectivity index (χ3v) is 4.54. The van der Waals surface area contributed by atoms with E-state index in [-0.39, 0.29) is 0 Å². The number of halogens is 1. The van der Waals surface area contributed by atoms with E-state index in [1.807, 2.05) is 42.5 Å². The lowest BCUT2D eigenvalue weighted by atomic mass is 10.2. The maximum atomic E-state index is 5.96. The van der Waals surface area contributed by atoms with Crippen LogP contribution in [0.4, 0.5) is 0 Å². The minimum atomic E-state index is 0.733. The molecule has 0 amide bonds. The van der Waals surface area contributed by atoms with Crippen molar-refractivity contribution in [3.8, 4) is 0 Å². The van der Waals surface area contributed by atoms with Gasteiger partial charge in [0.05, 0.1) is 26.3 Å². The summed E-state index contributed by atoms with van der Waals surface area (Å²) in [5, 5.41) is 8.64. The van der Waals surface area contributed by atoms with Crippen molar-refractivity contribution in [2.75, 3.05) is 26.3 Å². The summed E-state index contributed by atoms with van der Waals surface area (Å²) in [5.41, 5.74) is 1.12. The predicted octanol–water partition coefficient (Wildman–Crippen LogP) is 4.13. The molecule has 22 heavy (non-hydrogen) atoms. The molecule has 0 aliphatic carbocycles. The van der Waals surface area contributed by atoms with Crippen LogP contribution in [-0.2, 0) is 4.74 Å². The molecule has 2 aromatic rings. The molecule has 1 fully saturated rings. The first kappa shape index (κ1) is 15.4. The highest BCUT2D eigenvalue weighted by Gasteiger charge is 2.12. The van der Waals surface area contributed by atoms with E-state index in [4.69, 9.17) is 21.4 Å². The van der Waals surface area contributed by atoms with E-state index in [0.717, 1.165) is 46.8 Å². The van der Waals surface area contributed by atoms with Crippen molar-refractivity contribution >= 4 is 28.4 Å². The third-order valence-electron chi connectivity index (χ3n) is 3.27. The molecule has 5 heteroatoms. The summed E-state index contributed by atoms with van der Waals surface area (Å²) in [7, 11) is 0. The molecule has 0 saturated carbocycles. The van der Waals surface area contributed by atoms with Gasteiger partial charge in [-0.2, -0.15) is 5.10 Å². The van der Waals surface area contributed by atoms with Gasteiger partial charge in [0.25, 0.3) is 0 Å². The Morgan fingerprint density at radius 1 is 1.00 bits per heavy atom. The topological polar surface area (TPSA) is 24.8 Å². The molecule has 2 aromatic carbocycles. The monoisotopic (exact) mass is 332 g/mol. The number of morpholine rings is 1. The molecule has 0 aromatic heterocycles. The van der Waals surface area contributed by atoms with Crippen LogP contribution in [0.15, 0.2) is 64.6 Å². The summed E-state index contributed by atoms with van der Waals surface area (Å²) < 4.78 is 5.39. The Morgan fingerprint density at radius 3 is 2.36 bits per heavy atom. The van der Waals surface area contributed by atoms with Gasteiger partial charge >= 0.3 is 0 Å². The van der Waals surface area contributed by atoms with Crippen LogP contribution in [0.5, 0.6) is 0 Å². The second-order valence-corrected chi connectivity index (χ2v) is 6.39. The molecular formula is C17H17ClN2OS. The smallest absolute Gasteiger partial charge is 0.128 e. The van der Waals surface area contributed by atoms with Crippen LogP contribution in [0.3, 0.4) is 0 Å². The van der Waals surface area contributed by atoms with Gasteiger partial charge < -0.3 is 4.74 Å². The summed E-state index contributed by atoms with van der Waals surface area (Å²) in [6, 6.07) is 18.1. The largest absolute Gasteiger partial charge is 0.378 e. The predicted molar refractivity (Wildman–Crippen MR) is 92.7 cm³/mol. The molecular weight excluding hydrogens is 316 g/mol. The van der Waals surface area contributed by atoms with Crippen LogP contribution < -0.4 is 0 Å². The summed E-state index contributed by atoms with van der Waals surface area (Å²) in [6.45, 7) is 3.13. The van der Waals surface area contributed by atoms with Crippen molar-refractivity contribution in [2.24, 2.45) is 5.10 Å². The SMILES string of the molecule is Clc1ccc(S/C(=N\N2CCOCC2)c2ccccc2)cc1. The number of hydrogen-bond acceptors (Lipinski definition) is 4. The molecule has 1 aliphatic rings. The fourth-order valence-corrected chi connectivity index (χ4v) is 3.15. The molecule has 0 radical (unpaired) electrons. The van der Waals surface area contributed by atoms with Gasteiger partial charge in [0.15, 0.2) is 0 Å². The number of ether oxygens (including phenoxy) is 1. The van der Waals surface area contributed by atoms with Crippen molar-refractivity contribution < 1.29 is 4.74 Å².